The van der Waals surface area contributed by atoms with E-state index in [0.717, 1.165) is 18.2 Å². The first-order valence-corrected chi connectivity index (χ1v) is 9.92. The summed E-state index contributed by atoms with van der Waals surface area (Å²) >= 11 is 0. The number of hydrogen-bond donors (Lipinski definition) is 1. The molecule has 0 radical (unpaired) electrons. The van der Waals surface area contributed by atoms with Crippen LogP contribution < -0.4 is 5.32 Å². The minimum absolute atomic E-state index is 0.0722. The smallest absolute Gasteiger partial charge is 0.261 e. The third-order valence-electron chi connectivity index (χ3n) is 2.60. The molecule has 1 N–H and O–H groups in total. The van der Waals surface area contributed by atoms with Crippen LogP contribution in [0.5, 0.6) is 0 Å². The molecule has 10 heteroatoms. The molecule has 0 saturated heterocycles. The SMILES string of the molecule is CCS(=O)(=O)CCNC(=O)c1cc(S(=O)(=O)Cl)ccc1F. The van der Waals surface area contributed by atoms with E-state index >= 15 is 0 Å². The molecule has 1 rings (SSSR count). The lowest BCUT2D eigenvalue weighted by atomic mass is 10.2. The summed E-state index contributed by atoms with van der Waals surface area (Å²) in [5.74, 6) is -2.21. The molecule has 0 atom stereocenters. The minimum atomic E-state index is -4.09. The Morgan fingerprint density at radius 1 is 1.29 bits per heavy atom. The number of sulfone groups is 1. The molecule has 6 nitrogen and oxygen atoms in total. The number of carbonyl (C=O) groups is 1. The molecule has 1 aromatic rings. The van der Waals surface area contributed by atoms with Crippen LogP contribution in [-0.4, -0.2) is 40.8 Å². The summed E-state index contributed by atoms with van der Waals surface area (Å²) in [6.07, 6.45) is 0. The number of hydrogen-bond acceptors (Lipinski definition) is 5. The summed E-state index contributed by atoms with van der Waals surface area (Å²) in [6, 6.07) is 2.52. The molecule has 0 bridgehead atoms. The lowest BCUT2D eigenvalue weighted by Crippen LogP contribution is -2.30. The molecule has 0 aliphatic rings. The Hall–Kier alpha value is -1.19. The molecule has 0 aliphatic carbocycles. The average Bonchev–Trinajstić information content (AvgIpc) is 2.37. The van der Waals surface area contributed by atoms with E-state index in [4.69, 9.17) is 10.7 Å². The topological polar surface area (TPSA) is 97.4 Å². The molecular weight excluding hydrogens is 345 g/mol. The lowest BCUT2D eigenvalue weighted by Gasteiger charge is -2.07. The second-order valence-electron chi connectivity index (χ2n) is 4.07. The number of carbonyl (C=O) groups excluding carboxylic acids is 1. The van der Waals surface area contributed by atoms with Crippen molar-refractivity contribution in [2.75, 3.05) is 18.1 Å². The Morgan fingerprint density at radius 3 is 2.43 bits per heavy atom. The molecule has 0 aliphatic heterocycles. The number of nitrogens with one attached hydrogen (secondary N) is 1. The predicted octanol–water partition coefficient (Wildman–Crippen LogP) is 0.918. The van der Waals surface area contributed by atoms with Crippen molar-refractivity contribution in [3.8, 4) is 0 Å². The summed E-state index contributed by atoms with van der Waals surface area (Å²) in [7, 11) is -2.25. The fourth-order valence-electron chi connectivity index (χ4n) is 1.39. The van der Waals surface area contributed by atoms with Gasteiger partial charge in [0, 0.05) is 23.0 Å². The van der Waals surface area contributed by atoms with Crippen molar-refractivity contribution in [2.45, 2.75) is 11.8 Å². The van der Waals surface area contributed by atoms with Crippen molar-refractivity contribution < 1.29 is 26.0 Å². The molecule has 21 heavy (non-hydrogen) atoms. The molecule has 0 unspecified atom stereocenters. The van der Waals surface area contributed by atoms with E-state index < -0.39 is 41.1 Å². The van der Waals surface area contributed by atoms with E-state index in [9.17, 15) is 26.0 Å². The van der Waals surface area contributed by atoms with Gasteiger partial charge in [-0.3, -0.25) is 4.79 Å². The molecule has 0 aromatic heterocycles. The molecule has 0 spiro atoms. The van der Waals surface area contributed by atoms with Gasteiger partial charge in [0.25, 0.3) is 15.0 Å². The van der Waals surface area contributed by atoms with Crippen molar-refractivity contribution >= 4 is 35.5 Å². The first-order valence-electron chi connectivity index (χ1n) is 5.79. The number of halogens is 2. The highest BCUT2D eigenvalue weighted by Gasteiger charge is 2.18. The lowest BCUT2D eigenvalue weighted by molar-refractivity contribution is 0.0952. The quantitative estimate of drug-likeness (QED) is 0.763. The fraction of sp³-hybridized carbons (Fsp3) is 0.364. The zero-order valence-electron chi connectivity index (χ0n) is 11.0. The van der Waals surface area contributed by atoms with Crippen LogP contribution in [0.15, 0.2) is 23.1 Å². The zero-order valence-corrected chi connectivity index (χ0v) is 13.4. The third-order valence-corrected chi connectivity index (χ3v) is 5.66. The Labute approximate surface area is 126 Å². The van der Waals surface area contributed by atoms with E-state index in [0.29, 0.717) is 0 Å². The maximum absolute atomic E-state index is 13.5. The van der Waals surface area contributed by atoms with Gasteiger partial charge in [0.2, 0.25) is 0 Å². The monoisotopic (exact) mass is 357 g/mol. The highest BCUT2D eigenvalue weighted by Crippen LogP contribution is 2.18. The molecule has 0 saturated carbocycles. The van der Waals surface area contributed by atoms with E-state index in [1.165, 1.54) is 6.92 Å². The van der Waals surface area contributed by atoms with Gasteiger partial charge in [-0.15, -0.1) is 0 Å². The third kappa shape index (κ3) is 5.25. The van der Waals surface area contributed by atoms with Gasteiger partial charge >= 0.3 is 0 Å². The van der Waals surface area contributed by atoms with E-state index in [-0.39, 0.29) is 18.1 Å². The highest BCUT2D eigenvalue weighted by atomic mass is 35.7. The second-order valence-corrected chi connectivity index (χ2v) is 9.11. The van der Waals surface area contributed by atoms with Crippen molar-refractivity contribution in [2.24, 2.45) is 0 Å². The molecular formula is C11H13ClFNO5S2. The van der Waals surface area contributed by atoms with Crippen molar-refractivity contribution in [3.05, 3.63) is 29.6 Å². The Kier molecular flexibility index (Phi) is 5.71. The van der Waals surface area contributed by atoms with E-state index in [1.807, 2.05) is 0 Å². The van der Waals surface area contributed by atoms with Gasteiger partial charge in [-0.05, 0) is 18.2 Å². The maximum atomic E-state index is 13.5. The zero-order chi connectivity index (χ0) is 16.3. The largest absolute Gasteiger partial charge is 0.351 e. The number of benzene rings is 1. The Balaban J connectivity index is 2.88. The van der Waals surface area contributed by atoms with Crippen LogP contribution in [0.3, 0.4) is 0 Å². The molecule has 0 fully saturated rings. The van der Waals surface area contributed by atoms with Crippen molar-refractivity contribution in [1.82, 2.24) is 5.32 Å². The van der Waals surface area contributed by atoms with Gasteiger partial charge in [-0.1, -0.05) is 6.92 Å². The number of amides is 1. The van der Waals surface area contributed by atoms with E-state index in [2.05, 4.69) is 5.32 Å². The van der Waals surface area contributed by atoms with Gasteiger partial charge < -0.3 is 5.32 Å². The summed E-state index contributed by atoms with van der Waals surface area (Å²) in [4.78, 5) is 11.3. The van der Waals surface area contributed by atoms with Crippen LogP contribution in [0, 0.1) is 5.82 Å². The standard InChI is InChI=1S/C11H13ClFNO5S2/c1-2-20(16,17)6-5-14-11(15)9-7-8(21(12,18)19)3-4-10(9)13/h3-4,7H,2,5-6H2,1H3,(H,14,15). The van der Waals surface area contributed by atoms with Crippen molar-refractivity contribution in [3.63, 3.8) is 0 Å². The summed E-state index contributed by atoms with van der Waals surface area (Å²) in [5.41, 5.74) is -0.523. The van der Waals surface area contributed by atoms with Crippen LogP contribution >= 0.6 is 10.7 Å². The average molecular weight is 358 g/mol. The Morgan fingerprint density at radius 2 is 1.90 bits per heavy atom. The van der Waals surface area contributed by atoms with Crippen LogP contribution in [0.1, 0.15) is 17.3 Å². The summed E-state index contributed by atoms with van der Waals surface area (Å²) < 4.78 is 58.3. The summed E-state index contributed by atoms with van der Waals surface area (Å²) in [5, 5.41) is 2.21. The summed E-state index contributed by atoms with van der Waals surface area (Å²) in [6.45, 7) is 1.26. The van der Waals surface area contributed by atoms with Gasteiger partial charge in [-0.2, -0.15) is 0 Å². The highest BCUT2D eigenvalue weighted by molar-refractivity contribution is 8.13. The number of rotatable bonds is 6. The van der Waals surface area contributed by atoms with Gasteiger partial charge in [0.05, 0.1) is 16.2 Å². The van der Waals surface area contributed by atoms with E-state index in [1.54, 1.807) is 0 Å². The molecule has 118 valence electrons. The van der Waals surface area contributed by atoms with Crippen LogP contribution in [-0.2, 0) is 18.9 Å². The second kappa shape index (κ2) is 6.71. The van der Waals surface area contributed by atoms with Crippen molar-refractivity contribution in [1.29, 1.82) is 0 Å². The molecule has 0 heterocycles. The van der Waals surface area contributed by atoms with Crippen LogP contribution in [0.4, 0.5) is 4.39 Å². The molecule has 1 aromatic carbocycles. The van der Waals surface area contributed by atoms with Gasteiger partial charge in [0.15, 0.2) is 9.84 Å². The van der Waals surface area contributed by atoms with Crippen LogP contribution in [0.2, 0.25) is 0 Å². The molecule has 1 amide bonds. The fourth-order valence-corrected chi connectivity index (χ4v) is 2.87. The predicted molar refractivity (Wildman–Crippen MR) is 76.1 cm³/mol. The first-order chi connectivity index (χ1) is 9.57. The minimum Gasteiger partial charge on any atom is -0.351 e. The first kappa shape index (κ1) is 17.9. The Bertz CT molecular complexity index is 746. The normalized spacial score (nSPS) is 12.1. The maximum Gasteiger partial charge on any atom is 0.261 e. The van der Waals surface area contributed by atoms with Gasteiger partial charge in [-0.25, -0.2) is 21.2 Å². The van der Waals surface area contributed by atoms with Crippen LogP contribution in [0.25, 0.3) is 0 Å². The van der Waals surface area contributed by atoms with Gasteiger partial charge in [0.1, 0.15) is 5.82 Å².